The fourth-order valence-electron chi connectivity index (χ4n) is 5.19. The lowest BCUT2D eigenvalue weighted by molar-refractivity contribution is -0.135. The van der Waals surface area contributed by atoms with Crippen LogP contribution in [0.5, 0.6) is 5.75 Å². The number of aliphatic imine (C=N–C) groups is 1. The minimum absolute atomic E-state index is 0.0156. The van der Waals surface area contributed by atoms with Crippen LogP contribution >= 0.6 is 11.6 Å². The molecule has 1 saturated heterocycles. The maximum Gasteiger partial charge on any atom is 0.251 e. The molecule has 198 valence electrons. The van der Waals surface area contributed by atoms with Gasteiger partial charge in [-0.3, -0.25) is 14.9 Å². The predicted molar refractivity (Wildman–Crippen MR) is 137 cm³/mol. The summed E-state index contributed by atoms with van der Waals surface area (Å²) < 4.78 is 5.82. The highest BCUT2D eigenvalue weighted by Gasteiger charge is 2.39. The second-order valence-electron chi connectivity index (χ2n) is 9.86. The van der Waals surface area contributed by atoms with Gasteiger partial charge in [0.2, 0.25) is 11.9 Å². The van der Waals surface area contributed by atoms with E-state index in [-0.39, 0.29) is 25.0 Å². The lowest BCUT2D eigenvalue weighted by atomic mass is 9.93. The molecule has 2 amide bonds. The quantitative estimate of drug-likeness (QED) is 0.413. The minimum Gasteiger partial charge on any atom is -0.489 e. The van der Waals surface area contributed by atoms with Crippen LogP contribution in [0.1, 0.15) is 70.3 Å². The molecule has 0 radical (unpaired) electrons. The number of carbonyl (C=O) groups excluding carboxylic acids is 2. The van der Waals surface area contributed by atoms with Crippen LogP contribution in [0.3, 0.4) is 0 Å². The normalized spacial score (nSPS) is 20.3. The Bertz CT molecular complexity index is 981. The van der Waals surface area contributed by atoms with Crippen molar-refractivity contribution in [3.8, 4) is 5.75 Å². The topological polar surface area (TPSA) is 115 Å². The van der Waals surface area contributed by atoms with Crippen molar-refractivity contribution in [2.75, 3.05) is 19.8 Å². The first-order valence-electron chi connectivity index (χ1n) is 13.1. The van der Waals surface area contributed by atoms with Crippen LogP contribution in [-0.4, -0.2) is 75.7 Å². The number of hydrogen-bond acceptors (Lipinski definition) is 7. The molecule has 10 heteroatoms. The van der Waals surface area contributed by atoms with Crippen molar-refractivity contribution in [2.45, 2.75) is 89.4 Å². The lowest BCUT2D eigenvalue weighted by Gasteiger charge is -2.34. The Morgan fingerprint density at radius 2 is 2.11 bits per heavy atom. The van der Waals surface area contributed by atoms with E-state index in [4.69, 9.17) is 16.3 Å². The number of nitrogens with one attached hydrogen (secondary N) is 1. The van der Waals surface area contributed by atoms with Gasteiger partial charge < -0.3 is 24.7 Å². The van der Waals surface area contributed by atoms with Crippen molar-refractivity contribution < 1.29 is 24.5 Å². The van der Waals surface area contributed by atoms with E-state index >= 15 is 0 Å². The number of halogens is 1. The van der Waals surface area contributed by atoms with E-state index in [1.807, 2.05) is 4.90 Å². The summed E-state index contributed by atoms with van der Waals surface area (Å²) in [7, 11) is 0. The van der Waals surface area contributed by atoms with Crippen LogP contribution in [0.15, 0.2) is 17.1 Å². The average Bonchev–Trinajstić information content (AvgIpc) is 3.20. The van der Waals surface area contributed by atoms with E-state index < -0.39 is 12.1 Å². The van der Waals surface area contributed by atoms with E-state index in [1.54, 1.807) is 17.0 Å². The summed E-state index contributed by atoms with van der Waals surface area (Å²) in [6, 6.07) is 3.07. The molecule has 2 fully saturated rings. The summed E-state index contributed by atoms with van der Waals surface area (Å²) in [6.45, 7) is 2.92. The van der Waals surface area contributed by atoms with Crippen molar-refractivity contribution in [3.05, 3.63) is 22.7 Å². The van der Waals surface area contributed by atoms with E-state index in [0.717, 1.165) is 32.2 Å². The number of carbonyl (C=O) groups is 2. The molecule has 1 aliphatic carbocycles. The zero-order valence-electron chi connectivity index (χ0n) is 20.9. The van der Waals surface area contributed by atoms with Gasteiger partial charge in [-0.15, -0.1) is 0 Å². The zero-order valence-corrected chi connectivity index (χ0v) is 21.7. The second kappa shape index (κ2) is 12.3. The third kappa shape index (κ3) is 5.95. The van der Waals surface area contributed by atoms with Crippen molar-refractivity contribution in [1.29, 1.82) is 0 Å². The molecule has 9 nitrogen and oxygen atoms in total. The molecule has 2 atom stereocenters. The molecule has 2 unspecified atom stereocenters. The van der Waals surface area contributed by atoms with Crippen LogP contribution in [0.4, 0.5) is 5.69 Å². The highest BCUT2D eigenvalue weighted by Crippen LogP contribution is 2.39. The van der Waals surface area contributed by atoms with Gasteiger partial charge in [0.25, 0.3) is 5.91 Å². The Morgan fingerprint density at radius 1 is 1.33 bits per heavy atom. The number of aliphatic hydroxyl groups excluding tert-OH is 2. The Balaban J connectivity index is 1.32. The number of guanidine groups is 1. The molecule has 1 aromatic carbocycles. The number of benzene rings is 1. The standard InChI is InChI=1S/C26H37ClN4O5/c1-2-3-13-30(17-7-5-4-6-8-17)23(34)12-9-18(33)16-36-22-11-10-20-19(24(22)27)14-31-21(15-32)25(35)29-26(31)28-20/h10-11,17-18,21,32-33H,2-9,12-16H2,1H3,(H,28,29,35). The fraction of sp³-hybridized carbons (Fsp3) is 0.654. The highest BCUT2D eigenvalue weighted by molar-refractivity contribution is 6.33. The van der Waals surface area contributed by atoms with E-state index in [9.17, 15) is 19.8 Å². The molecule has 0 spiro atoms. The van der Waals surface area contributed by atoms with Gasteiger partial charge in [0.05, 0.1) is 30.0 Å². The fourth-order valence-corrected chi connectivity index (χ4v) is 5.46. The number of hydrogen-bond donors (Lipinski definition) is 3. The first-order valence-corrected chi connectivity index (χ1v) is 13.5. The summed E-state index contributed by atoms with van der Waals surface area (Å²) in [6.07, 6.45) is 7.60. The van der Waals surface area contributed by atoms with Crippen LogP contribution < -0.4 is 10.1 Å². The molecular weight excluding hydrogens is 484 g/mol. The maximum absolute atomic E-state index is 13.0. The summed E-state index contributed by atoms with van der Waals surface area (Å²) in [5, 5.41) is 23.1. The largest absolute Gasteiger partial charge is 0.489 e. The Morgan fingerprint density at radius 3 is 2.83 bits per heavy atom. The van der Waals surface area contributed by atoms with Crippen molar-refractivity contribution in [1.82, 2.24) is 15.1 Å². The highest BCUT2D eigenvalue weighted by atomic mass is 35.5. The molecule has 2 heterocycles. The van der Waals surface area contributed by atoms with Crippen LogP contribution in [0.25, 0.3) is 0 Å². The molecule has 3 aliphatic rings. The molecular formula is C26H37ClN4O5. The van der Waals surface area contributed by atoms with Crippen LogP contribution in [-0.2, 0) is 16.1 Å². The van der Waals surface area contributed by atoms with Gasteiger partial charge in [0, 0.05) is 24.6 Å². The monoisotopic (exact) mass is 520 g/mol. The van der Waals surface area contributed by atoms with Crippen molar-refractivity contribution in [3.63, 3.8) is 0 Å². The van der Waals surface area contributed by atoms with Gasteiger partial charge in [-0.05, 0) is 37.8 Å². The van der Waals surface area contributed by atoms with Gasteiger partial charge in [-0.2, -0.15) is 0 Å². The first kappa shape index (κ1) is 26.7. The SMILES string of the molecule is CCCCN(C(=O)CCC(O)COc1ccc2c(c1Cl)CN1C(=N2)NC(=O)C1CO)C1CCCCC1. The summed E-state index contributed by atoms with van der Waals surface area (Å²) in [5.74, 6) is 0.621. The Hall–Kier alpha value is -2.36. The van der Waals surface area contributed by atoms with Crippen LogP contribution in [0, 0.1) is 0 Å². The summed E-state index contributed by atoms with van der Waals surface area (Å²) in [5.41, 5.74) is 1.31. The molecule has 1 aromatic rings. The van der Waals surface area contributed by atoms with E-state index in [2.05, 4.69) is 17.2 Å². The van der Waals surface area contributed by atoms with E-state index in [0.29, 0.717) is 53.4 Å². The molecule has 2 aliphatic heterocycles. The van der Waals surface area contributed by atoms with Crippen LogP contribution in [0.2, 0.25) is 5.02 Å². The second-order valence-corrected chi connectivity index (χ2v) is 10.2. The smallest absolute Gasteiger partial charge is 0.251 e. The first-order chi connectivity index (χ1) is 17.4. The van der Waals surface area contributed by atoms with Gasteiger partial charge in [0.1, 0.15) is 18.4 Å². The minimum atomic E-state index is -0.802. The third-order valence-corrected chi connectivity index (χ3v) is 7.72. The average molecular weight is 521 g/mol. The van der Waals surface area contributed by atoms with E-state index in [1.165, 1.54) is 19.3 Å². The number of fused-ring (bicyclic) bond motifs is 2. The van der Waals surface area contributed by atoms with Gasteiger partial charge in [-0.1, -0.05) is 44.2 Å². The lowest BCUT2D eigenvalue weighted by Crippen LogP contribution is -2.42. The number of ether oxygens (including phenoxy) is 1. The molecule has 0 aromatic heterocycles. The number of rotatable bonds is 11. The number of nitrogens with zero attached hydrogens (tertiary/aromatic N) is 3. The summed E-state index contributed by atoms with van der Waals surface area (Å²) >= 11 is 6.60. The Labute approximate surface area is 217 Å². The number of unbranched alkanes of at least 4 members (excludes halogenated alkanes) is 1. The molecule has 36 heavy (non-hydrogen) atoms. The summed E-state index contributed by atoms with van der Waals surface area (Å²) in [4.78, 5) is 33.2. The molecule has 0 bridgehead atoms. The van der Waals surface area contributed by atoms with Crippen molar-refractivity contribution in [2.24, 2.45) is 4.99 Å². The maximum atomic E-state index is 13.0. The van der Waals surface area contributed by atoms with Crippen molar-refractivity contribution >= 4 is 35.1 Å². The predicted octanol–water partition coefficient (Wildman–Crippen LogP) is 3.12. The molecule has 1 saturated carbocycles. The Kier molecular flexibility index (Phi) is 9.09. The third-order valence-electron chi connectivity index (χ3n) is 7.31. The molecule has 4 rings (SSSR count). The zero-order chi connectivity index (χ0) is 25.7. The number of aliphatic hydroxyl groups is 2. The number of amides is 2. The van der Waals surface area contributed by atoms with Gasteiger partial charge >= 0.3 is 0 Å². The van der Waals surface area contributed by atoms with Gasteiger partial charge in [0.15, 0.2) is 0 Å². The molecule has 3 N–H and O–H groups in total. The van der Waals surface area contributed by atoms with Gasteiger partial charge in [-0.25, -0.2) is 4.99 Å².